The van der Waals surface area contributed by atoms with E-state index in [4.69, 9.17) is 5.26 Å². The Balaban J connectivity index is 4.02. The van der Waals surface area contributed by atoms with E-state index in [1.54, 1.807) is 6.08 Å². The van der Waals surface area contributed by atoms with Crippen molar-refractivity contribution in [2.45, 2.75) is 27.2 Å². The van der Waals surface area contributed by atoms with E-state index in [-0.39, 0.29) is 0 Å². The number of nitrogens with zero attached hydrogens (tertiary/aromatic N) is 1. The lowest BCUT2D eigenvalue weighted by molar-refractivity contribution is 0.733. The summed E-state index contributed by atoms with van der Waals surface area (Å²) in [7, 11) is 0. The zero-order valence-corrected chi connectivity index (χ0v) is 6.31. The lowest BCUT2D eigenvalue weighted by Crippen LogP contribution is -1.90. The summed E-state index contributed by atoms with van der Waals surface area (Å²) < 4.78 is 0. The van der Waals surface area contributed by atoms with Gasteiger partial charge >= 0.3 is 0 Å². The molecule has 0 N–H and O–H groups in total. The predicted molar refractivity (Wildman–Crippen MR) is 38.8 cm³/mol. The van der Waals surface area contributed by atoms with Gasteiger partial charge in [-0.3, -0.25) is 0 Å². The molecule has 0 radical (unpaired) electrons. The van der Waals surface area contributed by atoms with Crippen LogP contribution in [0.1, 0.15) is 27.2 Å². The maximum absolute atomic E-state index is 8.29. The smallest absolute Gasteiger partial charge is 0.0911 e. The van der Waals surface area contributed by atoms with Gasteiger partial charge in [0.15, 0.2) is 0 Å². The van der Waals surface area contributed by atoms with Gasteiger partial charge in [0.1, 0.15) is 0 Å². The highest BCUT2D eigenvalue weighted by atomic mass is 14.2. The zero-order chi connectivity index (χ0) is 7.28. The van der Waals surface area contributed by atoms with Crippen LogP contribution < -0.4 is 0 Å². The monoisotopic (exact) mass is 123 g/mol. The molecule has 0 aliphatic heterocycles. The van der Waals surface area contributed by atoms with Crippen LogP contribution in [0, 0.1) is 17.2 Å². The summed E-state index contributed by atoms with van der Waals surface area (Å²) in [5.74, 6) is 0.523. The molecule has 1 heteroatoms. The van der Waals surface area contributed by atoms with Crippen molar-refractivity contribution in [2.24, 2.45) is 5.92 Å². The van der Waals surface area contributed by atoms with Gasteiger partial charge in [-0.2, -0.15) is 5.26 Å². The van der Waals surface area contributed by atoms with Crippen molar-refractivity contribution in [1.82, 2.24) is 0 Å². The lowest BCUT2D eigenvalue weighted by atomic mass is 10.0. The third kappa shape index (κ3) is 2.92. The molecule has 0 atom stereocenters. The Morgan fingerprint density at radius 2 is 2.22 bits per heavy atom. The molecule has 9 heavy (non-hydrogen) atoms. The van der Waals surface area contributed by atoms with E-state index in [0.29, 0.717) is 5.92 Å². The molecule has 0 aromatic rings. The second kappa shape index (κ2) is 4.14. The van der Waals surface area contributed by atoms with E-state index in [0.717, 1.165) is 6.42 Å². The quantitative estimate of drug-likeness (QED) is 0.517. The second-order valence-electron chi connectivity index (χ2n) is 2.36. The van der Waals surface area contributed by atoms with Crippen molar-refractivity contribution in [1.29, 1.82) is 5.26 Å². The maximum Gasteiger partial charge on any atom is 0.0911 e. The van der Waals surface area contributed by atoms with Gasteiger partial charge in [-0.25, -0.2) is 0 Å². The van der Waals surface area contributed by atoms with Crippen molar-refractivity contribution in [3.63, 3.8) is 0 Å². The Morgan fingerprint density at radius 3 is 2.33 bits per heavy atom. The van der Waals surface area contributed by atoms with Crippen LogP contribution in [-0.4, -0.2) is 0 Å². The van der Waals surface area contributed by atoms with E-state index >= 15 is 0 Å². The van der Waals surface area contributed by atoms with E-state index in [1.807, 2.05) is 6.07 Å². The maximum atomic E-state index is 8.29. The Hall–Kier alpha value is -0.770. The topological polar surface area (TPSA) is 23.8 Å². The van der Waals surface area contributed by atoms with Gasteiger partial charge in [-0.05, 0) is 12.3 Å². The average molecular weight is 123 g/mol. The van der Waals surface area contributed by atoms with Gasteiger partial charge in [0.05, 0.1) is 6.07 Å². The van der Waals surface area contributed by atoms with Crippen LogP contribution in [0.2, 0.25) is 0 Å². The summed E-state index contributed by atoms with van der Waals surface area (Å²) in [6.07, 6.45) is 2.63. The molecule has 0 aromatic carbocycles. The highest BCUT2D eigenvalue weighted by Gasteiger charge is 1.97. The van der Waals surface area contributed by atoms with E-state index in [1.165, 1.54) is 5.57 Å². The Morgan fingerprint density at radius 1 is 1.67 bits per heavy atom. The molecular formula is C8H13N. The normalized spacial score (nSPS) is 11.7. The fourth-order valence-corrected chi connectivity index (χ4v) is 0.760. The Kier molecular flexibility index (Phi) is 3.79. The molecule has 1 nitrogen and oxygen atoms in total. The molecule has 0 amide bonds. The predicted octanol–water partition coefficient (Wildman–Crippen LogP) is 2.50. The number of nitriles is 1. The minimum atomic E-state index is 0.523. The van der Waals surface area contributed by atoms with Gasteiger partial charge < -0.3 is 0 Å². The van der Waals surface area contributed by atoms with Crippen molar-refractivity contribution < 1.29 is 0 Å². The minimum absolute atomic E-state index is 0.523. The van der Waals surface area contributed by atoms with Crippen molar-refractivity contribution in [3.05, 3.63) is 11.6 Å². The molecule has 50 valence electrons. The summed E-state index contributed by atoms with van der Waals surface area (Å²) in [5, 5.41) is 8.29. The molecule has 0 aliphatic rings. The van der Waals surface area contributed by atoms with Crippen LogP contribution >= 0.6 is 0 Å². The minimum Gasteiger partial charge on any atom is -0.193 e. The average Bonchev–Trinajstić information content (AvgIpc) is 1.82. The molecule has 0 heterocycles. The molecule has 0 aromatic heterocycles. The van der Waals surface area contributed by atoms with Crippen molar-refractivity contribution >= 4 is 0 Å². The first-order valence-corrected chi connectivity index (χ1v) is 3.30. The summed E-state index contributed by atoms with van der Waals surface area (Å²) in [6, 6.07) is 2.04. The van der Waals surface area contributed by atoms with E-state index in [2.05, 4.69) is 20.8 Å². The third-order valence-corrected chi connectivity index (χ3v) is 1.40. The van der Waals surface area contributed by atoms with Crippen LogP contribution in [-0.2, 0) is 0 Å². The second-order valence-corrected chi connectivity index (χ2v) is 2.36. The van der Waals surface area contributed by atoms with E-state index < -0.39 is 0 Å². The zero-order valence-electron chi connectivity index (χ0n) is 6.31. The molecule has 0 fully saturated rings. The van der Waals surface area contributed by atoms with Crippen molar-refractivity contribution in [3.8, 4) is 6.07 Å². The standard InChI is InChI=1S/C8H13N/c1-4-8(5-6-9)7(2)3/h5,7H,4H2,1-3H3/b8-5+. The first kappa shape index (κ1) is 8.23. The number of hydrogen-bond acceptors (Lipinski definition) is 1. The highest BCUT2D eigenvalue weighted by molar-refractivity contribution is 5.14. The fraction of sp³-hybridized carbons (Fsp3) is 0.625. The SMILES string of the molecule is CC/C(=C\C#N)C(C)C. The largest absolute Gasteiger partial charge is 0.193 e. The van der Waals surface area contributed by atoms with Gasteiger partial charge in [0, 0.05) is 6.08 Å². The number of rotatable bonds is 2. The molecule has 0 spiro atoms. The first-order chi connectivity index (χ1) is 4.22. The molecule has 0 rings (SSSR count). The fourth-order valence-electron chi connectivity index (χ4n) is 0.760. The van der Waals surface area contributed by atoms with Crippen LogP contribution in [0.25, 0.3) is 0 Å². The summed E-state index contributed by atoms with van der Waals surface area (Å²) in [5.41, 5.74) is 1.23. The Labute approximate surface area is 57.0 Å². The van der Waals surface area contributed by atoms with Crippen LogP contribution in [0.4, 0.5) is 0 Å². The third-order valence-electron chi connectivity index (χ3n) is 1.40. The molecule has 0 unspecified atom stereocenters. The van der Waals surface area contributed by atoms with Gasteiger partial charge in [0.2, 0.25) is 0 Å². The van der Waals surface area contributed by atoms with Crippen LogP contribution in [0.5, 0.6) is 0 Å². The van der Waals surface area contributed by atoms with Crippen LogP contribution in [0.15, 0.2) is 11.6 Å². The van der Waals surface area contributed by atoms with Crippen LogP contribution in [0.3, 0.4) is 0 Å². The van der Waals surface area contributed by atoms with Gasteiger partial charge in [-0.1, -0.05) is 26.3 Å². The van der Waals surface area contributed by atoms with Gasteiger partial charge in [0.25, 0.3) is 0 Å². The molecule has 0 saturated heterocycles. The lowest BCUT2D eigenvalue weighted by Gasteiger charge is -2.04. The number of allylic oxidation sites excluding steroid dienone is 2. The molecular weight excluding hydrogens is 110 g/mol. The summed E-state index contributed by atoms with van der Waals surface area (Å²) >= 11 is 0. The van der Waals surface area contributed by atoms with Gasteiger partial charge in [-0.15, -0.1) is 0 Å². The van der Waals surface area contributed by atoms with E-state index in [9.17, 15) is 0 Å². The molecule has 0 bridgehead atoms. The summed E-state index contributed by atoms with van der Waals surface area (Å²) in [6.45, 7) is 6.28. The highest BCUT2D eigenvalue weighted by Crippen LogP contribution is 2.11. The first-order valence-electron chi connectivity index (χ1n) is 3.30. The number of hydrogen-bond donors (Lipinski definition) is 0. The summed E-state index contributed by atoms with van der Waals surface area (Å²) in [4.78, 5) is 0. The van der Waals surface area contributed by atoms with Crippen molar-refractivity contribution in [2.75, 3.05) is 0 Å². The molecule has 0 aliphatic carbocycles. The molecule has 0 saturated carbocycles. The Bertz CT molecular complexity index is 137.